The summed E-state index contributed by atoms with van der Waals surface area (Å²) in [6.45, 7) is 5.55. The Morgan fingerprint density at radius 2 is 2.00 bits per heavy atom. The number of aliphatic hydroxyl groups excluding tert-OH is 1. The van der Waals surface area contributed by atoms with Crippen LogP contribution in [-0.4, -0.2) is 71.7 Å². The molecule has 6 nitrogen and oxygen atoms in total. The third-order valence-corrected chi connectivity index (χ3v) is 5.74. The first kappa shape index (κ1) is 19.3. The molecule has 1 aromatic rings. The number of nitrogens with zero attached hydrogens (tertiary/aromatic N) is 3. The van der Waals surface area contributed by atoms with E-state index in [9.17, 15) is 4.79 Å². The van der Waals surface area contributed by atoms with Crippen LogP contribution in [0.4, 0.5) is 0 Å². The number of hydrogen-bond donors (Lipinski definition) is 2. The van der Waals surface area contributed by atoms with Gasteiger partial charge in [0.25, 0.3) is 0 Å². The lowest BCUT2D eigenvalue weighted by Crippen LogP contribution is -2.45. The van der Waals surface area contributed by atoms with Gasteiger partial charge in [-0.25, -0.2) is 0 Å². The Bertz CT molecular complexity index is 540. The molecule has 0 saturated carbocycles. The number of piperidine rings is 2. The molecule has 1 aromatic heterocycles. The summed E-state index contributed by atoms with van der Waals surface area (Å²) in [5.74, 6) is 0.278. The van der Waals surface area contributed by atoms with E-state index in [1.54, 1.807) is 6.20 Å². The monoisotopic (exact) mass is 360 g/mol. The van der Waals surface area contributed by atoms with Crippen LogP contribution in [0.25, 0.3) is 0 Å². The number of rotatable bonds is 7. The predicted molar refractivity (Wildman–Crippen MR) is 102 cm³/mol. The number of carbonyl (C=O) groups is 1. The second kappa shape index (κ2) is 10.00. The Morgan fingerprint density at radius 3 is 2.65 bits per heavy atom. The van der Waals surface area contributed by atoms with Crippen LogP contribution < -0.4 is 5.32 Å². The summed E-state index contributed by atoms with van der Waals surface area (Å²) in [4.78, 5) is 21.7. The Labute approximate surface area is 156 Å². The summed E-state index contributed by atoms with van der Waals surface area (Å²) >= 11 is 0. The molecular formula is C20H32N4O2. The third kappa shape index (κ3) is 5.25. The number of aromatic nitrogens is 1. The maximum Gasteiger partial charge on any atom is 0.223 e. The van der Waals surface area contributed by atoms with Crippen molar-refractivity contribution >= 4 is 5.91 Å². The molecule has 3 rings (SSSR count). The van der Waals surface area contributed by atoms with Gasteiger partial charge in [0.2, 0.25) is 5.91 Å². The van der Waals surface area contributed by atoms with Crippen LogP contribution in [0.2, 0.25) is 0 Å². The van der Waals surface area contributed by atoms with Gasteiger partial charge in [-0.2, -0.15) is 0 Å². The normalized spacial score (nSPS) is 21.4. The average Bonchev–Trinajstić information content (AvgIpc) is 2.70. The van der Waals surface area contributed by atoms with Crippen molar-refractivity contribution in [2.45, 2.75) is 38.1 Å². The van der Waals surface area contributed by atoms with Crippen molar-refractivity contribution in [1.82, 2.24) is 20.1 Å². The molecular weight excluding hydrogens is 328 g/mol. The number of likely N-dealkylation sites (tertiary alicyclic amines) is 2. The molecule has 2 saturated heterocycles. The van der Waals surface area contributed by atoms with E-state index in [2.05, 4.69) is 26.2 Å². The van der Waals surface area contributed by atoms with E-state index in [1.165, 1.54) is 24.8 Å². The van der Waals surface area contributed by atoms with Gasteiger partial charge in [-0.1, -0.05) is 12.5 Å². The molecule has 0 radical (unpaired) electrons. The minimum absolute atomic E-state index is 0.0980. The van der Waals surface area contributed by atoms with Gasteiger partial charge in [0.15, 0.2) is 0 Å². The first-order valence-electron chi connectivity index (χ1n) is 10.0. The Balaban J connectivity index is 1.55. The maximum absolute atomic E-state index is 12.7. The number of amides is 1. The molecule has 6 heteroatoms. The van der Waals surface area contributed by atoms with Crippen LogP contribution in [0, 0.1) is 5.92 Å². The van der Waals surface area contributed by atoms with Crippen molar-refractivity contribution in [3.8, 4) is 0 Å². The van der Waals surface area contributed by atoms with Gasteiger partial charge >= 0.3 is 0 Å². The van der Waals surface area contributed by atoms with Gasteiger partial charge in [-0.05, 0) is 63.5 Å². The van der Waals surface area contributed by atoms with Crippen molar-refractivity contribution in [3.05, 3.63) is 30.1 Å². The molecule has 0 spiro atoms. The summed E-state index contributed by atoms with van der Waals surface area (Å²) < 4.78 is 0. The standard InChI is InChI=1S/C20H32N4O2/c25-14-13-23-11-6-17(7-12-23)20(26)22-16-19(18-5-4-8-21-15-18)24-9-2-1-3-10-24/h4-5,8,15,17,19,25H,1-3,6-7,9-14,16H2,(H,22,26). The molecule has 2 aliphatic heterocycles. The lowest BCUT2D eigenvalue weighted by Gasteiger charge is -2.35. The van der Waals surface area contributed by atoms with Crippen LogP contribution >= 0.6 is 0 Å². The SMILES string of the molecule is O=C(NCC(c1cccnc1)N1CCCCC1)C1CCN(CCO)CC1. The minimum Gasteiger partial charge on any atom is -0.395 e. The van der Waals surface area contributed by atoms with Crippen LogP contribution in [0.3, 0.4) is 0 Å². The summed E-state index contributed by atoms with van der Waals surface area (Å²) in [7, 11) is 0. The minimum atomic E-state index is 0.0980. The largest absolute Gasteiger partial charge is 0.395 e. The smallest absolute Gasteiger partial charge is 0.223 e. The molecule has 1 atom stereocenters. The van der Waals surface area contributed by atoms with Gasteiger partial charge in [0.05, 0.1) is 12.6 Å². The number of carbonyl (C=O) groups excluding carboxylic acids is 1. The highest BCUT2D eigenvalue weighted by Gasteiger charge is 2.27. The van der Waals surface area contributed by atoms with Crippen LogP contribution in [0.1, 0.15) is 43.7 Å². The molecule has 1 amide bonds. The lowest BCUT2D eigenvalue weighted by atomic mass is 9.95. The van der Waals surface area contributed by atoms with E-state index in [4.69, 9.17) is 5.11 Å². The average molecular weight is 361 g/mol. The highest BCUT2D eigenvalue weighted by atomic mass is 16.3. The van der Waals surface area contributed by atoms with Gasteiger partial charge in [0, 0.05) is 31.4 Å². The quantitative estimate of drug-likeness (QED) is 0.770. The third-order valence-electron chi connectivity index (χ3n) is 5.74. The zero-order chi connectivity index (χ0) is 18.2. The van der Waals surface area contributed by atoms with Crippen LogP contribution in [0.15, 0.2) is 24.5 Å². The van der Waals surface area contributed by atoms with Crippen molar-refractivity contribution in [2.24, 2.45) is 5.92 Å². The Hall–Kier alpha value is -1.50. The highest BCUT2D eigenvalue weighted by molar-refractivity contribution is 5.78. The number of hydrogen-bond acceptors (Lipinski definition) is 5. The van der Waals surface area contributed by atoms with E-state index >= 15 is 0 Å². The number of pyridine rings is 1. The molecule has 0 aliphatic carbocycles. The molecule has 2 fully saturated rings. The zero-order valence-electron chi connectivity index (χ0n) is 15.6. The summed E-state index contributed by atoms with van der Waals surface area (Å²) in [5.41, 5.74) is 1.19. The zero-order valence-corrected chi connectivity index (χ0v) is 15.6. The van der Waals surface area contributed by atoms with E-state index in [0.29, 0.717) is 13.1 Å². The van der Waals surface area contributed by atoms with E-state index in [0.717, 1.165) is 39.0 Å². The van der Waals surface area contributed by atoms with Crippen LogP contribution in [0.5, 0.6) is 0 Å². The van der Waals surface area contributed by atoms with Crippen LogP contribution in [-0.2, 0) is 4.79 Å². The molecule has 26 heavy (non-hydrogen) atoms. The van der Waals surface area contributed by atoms with Gasteiger partial charge in [0.1, 0.15) is 0 Å². The second-order valence-electron chi connectivity index (χ2n) is 7.48. The van der Waals surface area contributed by atoms with Gasteiger partial charge in [-0.3, -0.25) is 14.7 Å². The highest BCUT2D eigenvalue weighted by Crippen LogP contribution is 2.24. The Morgan fingerprint density at radius 1 is 1.23 bits per heavy atom. The molecule has 1 unspecified atom stereocenters. The topological polar surface area (TPSA) is 68.7 Å². The summed E-state index contributed by atoms with van der Waals surface area (Å²) in [6.07, 6.45) is 9.26. The summed E-state index contributed by atoms with van der Waals surface area (Å²) in [5, 5.41) is 12.3. The fraction of sp³-hybridized carbons (Fsp3) is 0.700. The second-order valence-corrected chi connectivity index (χ2v) is 7.48. The summed E-state index contributed by atoms with van der Waals surface area (Å²) in [6, 6.07) is 4.30. The van der Waals surface area contributed by atoms with Crippen molar-refractivity contribution in [1.29, 1.82) is 0 Å². The molecule has 3 heterocycles. The van der Waals surface area contributed by atoms with Crippen molar-refractivity contribution in [3.63, 3.8) is 0 Å². The first-order valence-corrected chi connectivity index (χ1v) is 10.0. The molecule has 2 aliphatic rings. The fourth-order valence-electron chi connectivity index (χ4n) is 4.16. The van der Waals surface area contributed by atoms with E-state index in [1.807, 2.05) is 12.3 Å². The number of nitrogens with one attached hydrogen (secondary N) is 1. The maximum atomic E-state index is 12.7. The molecule has 0 bridgehead atoms. The molecule has 144 valence electrons. The molecule has 0 aromatic carbocycles. The predicted octanol–water partition coefficient (Wildman–Crippen LogP) is 1.43. The van der Waals surface area contributed by atoms with Gasteiger partial charge in [-0.15, -0.1) is 0 Å². The first-order chi connectivity index (χ1) is 12.8. The number of β-amino-alcohol motifs (C(OH)–C–C–N with tert-alkyl or cyclic N) is 1. The van der Waals surface area contributed by atoms with Gasteiger partial charge < -0.3 is 15.3 Å². The van der Waals surface area contributed by atoms with Crippen molar-refractivity contribution in [2.75, 3.05) is 45.9 Å². The lowest BCUT2D eigenvalue weighted by molar-refractivity contribution is -0.126. The Kier molecular flexibility index (Phi) is 7.41. The van der Waals surface area contributed by atoms with E-state index in [-0.39, 0.29) is 24.5 Å². The van der Waals surface area contributed by atoms with E-state index < -0.39 is 0 Å². The fourth-order valence-corrected chi connectivity index (χ4v) is 4.16. The van der Waals surface area contributed by atoms with Crippen molar-refractivity contribution < 1.29 is 9.90 Å². The molecule has 2 N–H and O–H groups in total. The number of aliphatic hydroxyl groups is 1.